The Kier molecular flexibility index (Phi) is 7.43. The summed E-state index contributed by atoms with van der Waals surface area (Å²) in [5.74, 6) is 2.11. The molecule has 144 valence electrons. The Hall–Kier alpha value is -2.80. The molecule has 0 spiro atoms. The van der Waals surface area contributed by atoms with Crippen molar-refractivity contribution in [2.45, 2.75) is 26.9 Å². The van der Waals surface area contributed by atoms with Crippen LogP contribution in [-0.2, 0) is 0 Å². The van der Waals surface area contributed by atoms with Gasteiger partial charge in [0.15, 0.2) is 16.6 Å². The topological polar surface area (TPSA) is 64.1 Å². The number of hydrogen-bond acceptors (Lipinski definition) is 5. The lowest BCUT2D eigenvalue weighted by Gasteiger charge is -2.12. The Labute approximate surface area is 165 Å². The van der Waals surface area contributed by atoms with Gasteiger partial charge >= 0.3 is 0 Å². The lowest BCUT2D eigenvalue weighted by Crippen LogP contribution is -2.25. The van der Waals surface area contributed by atoms with Crippen LogP contribution >= 0.6 is 12.2 Å². The molecule has 2 aromatic carbocycles. The van der Waals surface area contributed by atoms with E-state index in [1.807, 2.05) is 51.1 Å². The van der Waals surface area contributed by atoms with Crippen LogP contribution < -0.4 is 25.0 Å². The average Bonchev–Trinajstić information content (AvgIpc) is 2.66. The summed E-state index contributed by atoms with van der Waals surface area (Å²) in [7, 11) is 3.18. The summed E-state index contributed by atoms with van der Waals surface area (Å²) in [6.07, 6.45) is 0.146. The molecule has 2 aromatic rings. The summed E-state index contributed by atoms with van der Waals surface area (Å²) in [6, 6.07) is 13.2. The molecule has 2 rings (SSSR count). The van der Waals surface area contributed by atoms with Crippen molar-refractivity contribution in [1.29, 1.82) is 0 Å². The Morgan fingerprint density at radius 1 is 1.00 bits per heavy atom. The molecule has 6 nitrogen and oxygen atoms in total. The fraction of sp³-hybridized carbons (Fsp3) is 0.300. The van der Waals surface area contributed by atoms with Crippen molar-refractivity contribution in [3.8, 4) is 17.2 Å². The van der Waals surface area contributed by atoms with Gasteiger partial charge in [0.2, 0.25) is 0 Å². The van der Waals surface area contributed by atoms with Gasteiger partial charge in [0.05, 0.1) is 26.0 Å². The number of hydrazone groups is 1. The van der Waals surface area contributed by atoms with Gasteiger partial charge in [-0.1, -0.05) is 0 Å². The average molecular weight is 388 g/mol. The van der Waals surface area contributed by atoms with Crippen LogP contribution in [0.2, 0.25) is 0 Å². The Morgan fingerprint density at radius 2 is 1.67 bits per heavy atom. The van der Waals surface area contributed by atoms with Crippen LogP contribution in [0.5, 0.6) is 17.2 Å². The van der Waals surface area contributed by atoms with Crippen molar-refractivity contribution in [2.24, 2.45) is 5.10 Å². The first-order valence-corrected chi connectivity index (χ1v) is 8.94. The zero-order chi connectivity index (χ0) is 19.8. The summed E-state index contributed by atoms with van der Waals surface area (Å²) in [6.45, 7) is 5.90. The first-order valence-electron chi connectivity index (χ1n) is 8.53. The van der Waals surface area contributed by atoms with E-state index in [9.17, 15) is 0 Å². The van der Waals surface area contributed by atoms with Crippen LogP contribution in [0.15, 0.2) is 47.6 Å². The number of benzene rings is 2. The summed E-state index contributed by atoms with van der Waals surface area (Å²) in [5, 5.41) is 7.76. The minimum absolute atomic E-state index is 0.146. The maximum absolute atomic E-state index is 5.64. The smallest absolute Gasteiger partial charge is 0.191 e. The molecular weight excluding hydrogens is 362 g/mol. The number of thiocarbonyl (C=S) groups is 1. The standard InChI is InChI=1S/C20H25N3O3S/c1-13(2)26-17-9-6-15(7-10-17)14(3)22-23-20(27)21-16-8-11-18(24-4)19(12-16)25-5/h6-13H,1-5H3,(H2,21,23,27)/b22-14-. The third-order valence-corrected chi connectivity index (χ3v) is 3.80. The van der Waals surface area contributed by atoms with Gasteiger partial charge in [-0.15, -0.1) is 0 Å². The maximum atomic E-state index is 5.64. The van der Waals surface area contributed by atoms with Crippen molar-refractivity contribution in [1.82, 2.24) is 5.43 Å². The fourth-order valence-corrected chi connectivity index (χ4v) is 2.48. The Morgan fingerprint density at radius 3 is 2.26 bits per heavy atom. The molecule has 0 bridgehead atoms. The number of ether oxygens (including phenoxy) is 3. The van der Waals surface area contributed by atoms with Gasteiger partial charge in [-0.2, -0.15) is 5.10 Å². The highest BCUT2D eigenvalue weighted by atomic mass is 32.1. The highest BCUT2D eigenvalue weighted by Gasteiger charge is 2.06. The number of nitrogens with zero attached hydrogens (tertiary/aromatic N) is 1. The third kappa shape index (κ3) is 6.14. The minimum atomic E-state index is 0.146. The van der Waals surface area contributed by atoms with Gasteiger partial charge in [0.25, 0.3) is 0 Å². The highest BCUT2D eigenvalue weighted by Crippen LogP contribution is 2.29. The lowest BCUT2D eigenvalue weighted by atomic mass is 10.1. The number of anilines is 1. The van der Waals surface area contributed by atoms with E-state index in [0.29, 0.717) is 16.6 Å². The van der Waals surface area contributed by atoms with E-state index in [2.05, 4.69) is 15.8 Å². The molecule has 2 N–H and O–H groups in total. The molecule has 0 saturated heterocycles. The van der Waals surface area contributed by atoms with E-state index in [-0.39, 0.29) is 6.10 Å². The second kappa shape index (κ2) is 9.78. The van der Waals surface area contributed by atoms with E-state index >= 15 is 0 Å². The predicted octanol–water partition coefficient (Wildman–Crippen LogP) is 4.20. The van der Waals surface area contributed by atoms with Crippen molar-refractivity contribution in [2.75, 3.05) is 19.5 Å². The van der Waals surface area contributed by atoms with Gasteiger partial charge in [-0.25, -0.2) is 0 Å². The SMILES string of the molecule is COc1ccc(NC(=S)N/N=C(/C)c2ccc(OC(C)C)cc2)cc1OC. The molecule has 27 heavy (non-hydrogen) atoms. The fourth-order valence-electron chi connectivity index (χ4n) is 2.32. The molecule has 0 radical (unpaired) electrons. The summed E-state index contributed by atoms with van der Waals surface area (Å²) >= 11 is 5.29. The van der Waals surface area contributed by atoms with E-state index in [0.717, 1.165) is 22.7 Å². The number of methoxy groups -OCH3 is 2. The number of hydrogen-bond donors (Lipinski definition) is 2. The summed E-state index contributed by atoms with van der Waals surface area (Å²) in [4.78, 5) is 0. The predicted molar refractivity (Wildman–Crippen MR) is 113 cm³/mol. The quantitative estimate of drug-likeness (QED) is 0.422. The summed E-state index contributed by atoms with van der Waals surface area (Å²) in [5.41, 5.74) is 5.41. The van der Waals surface area contributed by atoms with Crippen LogP contribution in [0.3, 0.4) is 0 Å². The highest BCUT2D eigenvalue weighted by molar-refractivity contribution is 7.80. The summed E-state index contributed by atoms with van der Waals surface area (Å²) < 4.78 is 16.1. The van der Waals surface area contributed by atoms with Crippen LogP contribution in [-0.4, -0.2) is 31.1 Å². The van der Waals surface area contributed by atoms with Crippen LogP contribution in [0.1, 0.15) is 26.3 Å². The molecule has 0 heterocycles. The van der Waals surface area contributed by atoms with Crippen molar-refractivity contribution in [3.63, 3.8) is 0 Å². The second-order valence-electron chi connectivity index (χ2n) is 6.02. The van der Waals surface area contributed by atoms with E-state index in [1.165, 1.54) is 0 Å². The van der Waals surface area contributed by atoms with E-state index in [4.69, 9.17) is 26.4 Å². The number of rotatable bonds is 7. The molecule has 0 atom stereocenters. The van der Waals surface area contributed by atoms with E-state index < -0.39 is 0 Å². The molecular formula is C20H25N3O3S. The second-order valence-corrected chi connectivity index (χ2v) is 6.43. The zero-order valence-electron chi connectivity index (χ0n) is 16.2. The number of nitrogens with one attached hydrogen (secondary N) is 2. The molecule has 0 aromatic heterocycles. The lowest BCUT2D eigenvalue weighted by molar-refractivity contribution is 0.242. The molecule has 0 aliphatic rings. The first-order chi connectivity index (χ1) is 12.9. The molecule has 0 aliphatic heterocycles. The van der Waals surface area contributed by atoms with Gasteiger partial charge in [0.1, 0.15) is 5.75 Å². The van der Waals surface area contributed by atoms with Gasteiger partial charge < -0.3 is 19.5 Å². The normalized spacial score (nSPS) is 11.1. The van der Waals surface area contributed by atoms with Crippen molar-refractivity contribution in [3.05, 3.63) is 48.0 Å². The van der Waals surface area contributed by atoms with Gasteiger partial charge in [-0.05, 0) is 75.0 Å². The minimum Gasteiger partial charge on any atom is -0.493 e. The molecule has 0 saturated carbocycles. The van der Waals surface area contributed by atoms with E-state index in [1.54, 1.807) is 26.4 Å². The molecule has 0 fully saturated rings. The molecule has 7 heteroatoms. The third-order valence-electron chi connectivity index (χ3n) is 3.61. The van der Waals surface area contributed by atoms with Crippen molar-refractivity contribution >= 4 is 28.7 Å². The molecule has 0 amide bonds. The molecule has 0 aliphatic carbocycles. The Balaban J connectivity index is 1.97. The maximum Gasteiger partial charge on any atom is 0.191 e. The van der Waals surface area contributed by atoms with Crippen LogP contribution in [0.25, 0.3) is 0 Å². The van der Waals surface area contributed by atoms with Gasteiger partial charge in [0, 0.05) is 11.8 Å². The monoisotopic (exact) mass is 387 g/mol. The zero-order valence-corrected chi connectivity index (χ0v) is 17.0. The molecule has 0 unspecified atom stereocenters. The van der Waals surface area contributed by atoms with Crippen LogP contribution in [0, 0.1) is 0 Å². The van der Waals surface area contributed by atoms with Crippen LogP contribution in [0.4, 0.5) is 5.69 Å². The van der Waals surface area contributed by atoms with Crippen molar-refractivity contribution < 1.29 is 14.2 Å². The first kappa shape index (κ1) is 20.5. The largest absolute Gasteiger partial charge is 0.493 e. The Bertz CT molecular complexity index is 805. The van der Waals surface area contributed by atoms with Gasteiger partial charge in [-0.3, -0.25) is 5.43 Å².